The molecule has 6 heteroatoms. The number of Topliss-reactive ketones (excluding diaryl/α,β-unsaturated/α-hetero) is 2. The number of amides is 1. The van der Waals surface area contributed by atoms with Gasteiger partial charge in [-0.1, -0.05) is 6.08 Å². The third kappa shape index (κ3) is 4.16. The van der Waals surface area contributed by atoms with Crippen molar-refractivity contribution in [3.05, 3.63) is 12.7 Å². The Labute approximate surface area is 131 Å². The highest BCUT2D eigenvalue weighted by Gasteiger charge is 2.50. The lowest BCUT2D eigenvalue weighted by Crippen LogP contribution is -2.48. The minimum Gasteiger partial charge on any atom is -0.444 e. The van der Waals surface area contributed by atoms with Crippen LogP contribution in [0.5, 0.6) is 0 Å². The Balaban J connectivity index is 3.00. The molecule has 0 N–H and O–H groups in total. The van der Waals surface area contributed by atoms with Crippen LogP contribution in [0.4, 0.5) is 4.79 Å². The van der Waals surface area contributed by atoms with E-state index >= 15 is 0 Å². The van der Waals surface area contributed by atoms with E-state index in [9.17, 15) is 14.4 Å². The Hall–Kier alpha value is -1.69. The number of ether oxygens (including phenoxy) is 2. The molecule has 0 spiro atoms. The Morgan fingerprint density at radius 3 is 2.27 bits per heavy atom. The van der Waals surface area contributed by atoms with Gasteiger partial charge in [0.05, 0.1) is 0 Å². The first-order valence-electron chi connectivity index (χ1n) is 7.30. The van der Waals surface area contributed by atoms with E-state index in [1.165, 1.54) is 12.0 Å². The van der Waals surface area contributed by atoms with Gasteiger partial charge in [-0.2, -0.15) is 0 Å². The molecule has 22 heavy (non-hydrogen) atoms. The molecule has 0 heterocycles. The van der Waals surface area contributed by atoms with Crippen molar-refractivity contribution in [2.75, 3.05) is 20.4 Å². The molecule has 0 saturated heterocycles. The second-order valence-corrected chi connectivity index (χ2v) is 6.52. The maximum Gasteiger partial charge on any atom is 0.412 e. The maximum atomic E-state index is 12.3. The van der Waals surface area contributed by atoms with Crippen molar-refractivity contribution in [2.24, 2.45) is 5.41 Å². The fourth-order valence-corrected chi connectivity index (χ4v) is 2.55. The molecule has 124 valence electrons. The van der Waals surface area contributed by atoms with E-state index < -0.39 is 17.1 Å². The van der Waals surface area contributed by atoms with Crippen LogP contribution in [0.3, 0.4) is 0 Å². The van der Waals surface area contributed by atoms with Gasteiger partial charge in [-0.3, -0.25) is 14.5 Å². The van der Waals surface area contributed by atoms with Crippen molar-refractivity contribution in [1.29, 1.82) is 0 Å². The number of carbonyl (C=O) groups excluding carboxylic acids is 3. The number of allylic oxidation sites excluding steroid dienone is 1. The molecule has 0 aromatic heterocycles. The monoisotopic (exact) mass is 311 g/mol. The molecule has 1 aliphatic rings. The Morgan fingerprint density at radius 2 is 1.86 bits per heavy atom. The zero-order valence-electron chi connectivity index (χ0n) is 13.8. The molecule has 0 aromatic rings. The van der Waals surface area contributed by atoms with Crippen molar-refractivity contribution in [2.45, 2.75) is 45.6 Å². The first-order valence-corrected chi connectivity index (χ1v) is 7.30. The Kier molecular flexibility index (Phi) is 5.88. The highest BCUT2D eigenvalue weighted by molar-refractivity contribution is 6.13. The van der Waals surface area contributed by atoms with Gasteiger partial charge in [0.25, 0.3) is 0 Å². The number of ketones is 2. The summed E-state index contributed by atoms with van der Waals surface area (Å²) in [6.07, 6.45) is 1.57. The predicted molar refractivity (Wildman–Crippen MR) is 81.3 cm³/mol. The smallest absolute Gasteiger partial charge is 0.412 e. The summed E-state index contributed by atoms with van der Waals surface area (Å²) in [5, 5.41) is 0. The number of hydrogen-bond acceptors (Lipinski definition) is 5. The molecule has 1 fully saturated rings. The number of rotatable bonds is 6. The summed E-state index contributed by atoms with van der Waals surface area (Å²) in [4.78, 5) is 38.0. The van der Waals surface area contributed by atoms with Crippen molar-refractivity contribution >= 4 is 17.7 Å². The van der Waals surface area contributed by atoms with Crippen molar-refractivity contribution in [3.63, 3.8) is 0 Å². The van der Waals surface area contributed by atoms with Crippen molar-refractivity contribution in [3.8, 4) is 0 Å². The summed E-state index contributed by atoms with van der Waals surface area (Å²) in [5.74, 6) is -0.302. The molecule has 1 saturated carbocycles. The Morgan fingerprint density at radius 1 is 1.32 bits per heavy atom. The summed E-state index contributed by atoms with van der Waals surface area (Å²) in [6.45, 7) is 8.79. The molecule has 0 atom stereocenters. The van der Waals surface area contributed by atoms with E-state index in [4.69, 9.17) is 9.47 Å². The third-order valence-electron chi connectivity index (χ3n) is 3.54. The average molecular weight is 311 g/mol. The van der Waals surface area contributed by atoms with E-state index in [1.54, 1.807) is 26.8 Å². The largest absolute Gasteiger partial charge is 0.444 e. The number of carbonyl (C=O) groups is 3. The molecule has 0 radical (unpaired) electrons. The van der Waals surface area contributed by atoms with Crippen molar-refractivity contribution < 1.29 is 23.9 Å². The van der Waals surface area contributed by atoms with Gasteiger partial charge in [0, 0.05) is 26.5 Å². The lowest BCUT2D eigenvalue weighted by molar-refractivity contribution is -0.136. The lowest BCUT2D eigenvalue weighted by atomic mass is 9.80. The van der Waals surface area contributed by atoms with E-state index in [-0.39, 0.29) is 44.1 Å². The minimum atomic E-state index is -1.21. The summed E-state index contributed by atoms with van der Waals surface area (Å²) >= 11 is 0. The molecule has 6 nitrogen and oxygen atoms in total. The number of nitrogens with zero attached hydrogens (tertiary/aromatic N) is 1. The van der Waals surface area contributed by atoms with Crippen LogP contribution in [-0.4, -0.2) is 48.5 Å². The summed E-state index contributed by atoms with van der Waals surface area (Å²) in [6, 6.07) is 0. The van der Waals surface area contributed by atoms with Crippen LogP contribution in [0.15, 0.2) is 12.7 Å². The van der Waals surface area contributed by atoms with E-state index in [2.05, 4.69) is 6.58 Å². The number of hydrogen-bond donors (Lipinski definition) is 0. The third-order valence-corrected chi connectivity index (χ3v) is 3.54. The molecular weight excluding hydrogens is 286 g/mol. The molecule has 0 bridgehead atoms. The van der Waals surface area contributed by atoms with Crippen LogP contribution < -0.4 is 0 Å². The zero-order valence-corrected chi connectivity index (χ0v) is 13.8. The van der Waals surface area contributed by atoms with Gasteiger partial charge < -0.3 is 9.47 Å². The quantitative estimate of drug-likeness (QED) is 0.427. The fraction of sp³-hybridized carbons (Fsp3) is 0.688. The van der Waals surface area contributed by atoms with Crippen LogP contribution in [0.2, 0.25) is 0 Å². The Bertz CT molecular complexity index is 448. The topological polar surface area (TPSA) is 72.9 Å². The van der Waals surface area contributed by atoms with Crippen LogP contribution >= 0.6 is 0 Å². The number of methoxy groups -OCH3 is 1. The van der Waals surface area contributed by atoms with Crippen molar-refractivity contribution in [1.82, 2.24) is 4.90 Å². The molecule has 0 aliphatic heterocycles. The van der Waals surface area contributed by atoms with Gasteiger partial charge in [0.1, 0.15) is 29.3 Å². The van der Waals surface area contributed by atoms with Crippen LogP contribution in [-0.2, 0) is 19.1 Å². The normalized spacial score (nSPS) is 17.5. The predicted octanol–water partition coefficient (Wildman–Crippen LogP) is 2.32. The fourth-order valence-electron chi connectivity index (χ4n) is 2.55. The summed E-state index contributed by atoms with van der Waals surface area (Å²) in [5.41, 5.74) is -1.88. The van der Waals surface area contributed by atoms with Gasteiger partial charge in [-0.05, 0) is 27.2 Å². The summed E-state index contributed by atoms with van der Waals surface area (Å²) in [7, 11) is 1.44. The van der Waals surface area contributed by atoms with Gasteiger partial charge in [0.15, 0.2) is 0 Å². The summed E-state index contributed by atoms with van der Waals surface area (Å²) < 4.78 is 10.3. The average Bonchev–Trinajstić information content (AvgIpc) is 2.65. The van der Waals surface area contributed by atoms with Crippen LogP contribution in [0, 0.1) is 5.41 Å². The van der Waals surface area contributed by atoms with Gasteiger partial charge in [-0.15, -0.1) is 6.58 Å². The highest BCUT2D eigenvalue weighted by Crippen LogP contribution is 2.36. The van der Waals surface area contributed by atoms with Gasteiger partial charge in [-0.25, -0.2) is 4.79 Å². The standard InChI is InChI=1S/C16H25NO5/c1-6-9-16(12(18)7-8-13(16)19)10-17(11-21-5)14(20)22-15(2,3)4/h6H,1,7-11H2,2-5H3. The van der Waals surface area contributed by atoms with Crippen LogP contribution in [0.25, 0.3) is 0 Å². The van der Waals surface area contributed by atoms with E-state index in [0.29, 0.717) is 0 Å². The van der Waals surface area contributed by atoms with Gasteiger partial charge >= 0.3 is 6.09 Å². The molecule has 1 amide bonds. The first kappa shape index (κ1) is 18.4. The lowest BCUT2D eigenvalue weighted by Gasteiger charge is -2.33. The zero-order chi connectivity index (χ0) is 17.0. The molecule has 1 aliphatic carbocycles. The second-order valence-electron chi connectivity index (χ2n) is 6.52. The minimum absolute atomic E-state index is 0.0422. The molecule has 1 rings (SSSR count). The molecular formula is C16H25NO5. The van der Waals surface area contributed by atoms with Crippen LogP contribution in [0.1, 0.15) is 40.0 Å². The van der Waals surface area contributed by atoms with Gasteiger partial charge in [0.2, 0.25) is 0 Å². The maximum absolute atomic E-state index is 12.3. The van der Waals surface area contributed by atoms with E-state index in [1.807, 2.05) is 0 Å². The molecule has 0 unspecified atom stereocenters. The first-order chi connectivity index (χ1) is 10.2. The second kappa shape index (κ2) is 7.05. The molecule has 0 aromatic carbocycles. The SMILES string of the molecule is C=CCC1(CN(COC)C(=O)OC(C)(C)C)C(=O)CCC1=O. The highest BCUT2D eigenvalue weighted by atomic mass is 16.6. The van der Waals surface area contributed by atoms with E-state index in [0.717, 1.165) is 0 Å².